The summed E-state index contributed by atoms with van der Waals surface area (Å²) in [6.07, 6.45) is 3.55. The van der Waals surface area contributed by atoms with Gasteiger partial charge in [-0.15, -0.1) is 10.2 Å². The van der Waals surface area contributed by atoms with E-state index in [9.17, 15) is 4.79 Å². The van der Waals surface area contributed by atoms with E-state index < -0.39 is 5.91 Å². The third-order valence-corrected chi connectivity index (χ3v) is 6.45. The Morgan fingerprint density at radius 3 is 2.78 bits per heavy atom. The molecule has 164 valence electrons. The molecule has 1 fully saturated rings. The zero-order valence-corrected chi connectivity index (χ0v) is 19.1. The van der Waals surface area contributed by atoms with Crippen molar-refractivity contribution in [3.63, 3.8) is 0 Å². The molecule has 32 heavy (non-hydrogen) atoms. The van der Waals surface area contributed by atoms with Crippen LogP contribution in [0.3, 0.4) is 0 Å². The zero-order valence-electron chi connectivity index (χ0n) is 17.5. The highest BCUT2D eigenvalue weighted by Gasteiger charge is 2.41. The molecule has 5 rings (SSSR count). The fraction of sp³-hybridized carbons (Fsp3) is 0.333. The smallest absolute Gasteiger partial charge is 0.245 e. The van der Waals surface area contributed by atoms with E-state index in [0.717, 1.165) is 28.4 Å². The van der Waals surface area contributed by atoms with E-state index in [1.54, 1.807) is 6.07 Å². The van der Waals surface area contributed by atoms with Gasteiger partial charge in [0.25, 0.3) is 0 Å². The molecule has 2 N–H and O–H groups in total. The Bertz CT molecular complexity index is 1350. The molecule has 9 nitrogen and oxygen atoms in total. The maximum Gasteiger partial charge on any atom is 0.245 e. The molecule has 0 unspecified atom stereocenters. The molecule has 0 bridgehead atoms. The van der Waals surface area contributed by atoms with Crippen molar-refractivity contribution >= 4 is 40.0 Å². The molecule has 1 amide bonds. The minimum Gasteiger partial charge on any atom is -0.470 e. The maximum absolute atomic E-state index is 11.3. The lowest BCUT2D eigenvalue weighted by molar-refractivity contribution is -0.117. The first-order valence-electron chi connectivity index (χ1n) is 10.1. The van der Waals surface area contributed by atoms with Gasteiger partial charge in [0.05, 0.1) is 18.0 Å². The van der Waals surface area contributed by atoms with E-state index >= 15 is 0 Å². The van der Waals surface area contributed by atoms with Crippen LogP contribution in [-0.4, -0.2) is 41.2 Å². The Kier molecular flexibility index (Phi) is 5.06. The van der Waals surface area contributed by atoms with Gasteiger partial charge in [-0.3, -0.25) is 4.79 Å². The van der Waals surface area contributed by atoms with Crippen molar-refractivity contribution in [1.82, 2.24) is 29.7 Å². The third-order valence-electron chi connectivity index (χ3n) is 5.31. The van der Waals surface area contributed by atoms with E-state index in [-0.39, 0.29) is 12.0 Å². The zero-order chi connectivity index (χ0) is 22.5. The Morgan fingerprint density at radius 2 is 2.12 bits per heavy atom. The van der Waals surface area contributed by atoms with Gasteiger partial charge in [0.15, 0.2) is 11.2 Å². The number of hydrogen-bond acceptors (Lipinski definition) is 8. The topological polar surface area (TPSA) is 122 Å². The van der Waals surface area contributed by atoms with Gasteiger partial charge in [0.2, 0.25) is 11.8 Å². The summed E-state index contributed by atoms with van der Waals surface area (Å²) in [6.45, 7) is 4.38. The SMILES string of the molecule is Cc1nnc(Cn2c(-c3ccc(CC(N)=O)cc3Cl)nc3c(OC4(C)CC4)ncnc32)s1. The molecule has 1 aromatic carbocycles. The van der Waals surface area contributed by atoms with Crippen LogP contribution in [0.1, 0.15) is 35.3 Å². The number of benzene rings is 1. The summed E-state index contributed by atoms with van der Waals surface area (Å²) >= 11 is 8.12. The van der Waals surface area contributed by atoms with Gasteiger partial charge in [-0.25, -0.2) is 9.97 Å². The van der Waals surface area contributed by atoms with Crippen molar-refractivity contribution in [2.45, 2.75) is 45.3 Å². The number of carbonyl (C=O) groups excluding carboxylic acids is 1. The van der Waals surface area contributed by atoms with Gasteiger partial charge >= 0.3 is 0 Å². The Hall–Kier alpha value is -3.11. The highest BCUT2D eigenvalue weighted by Crippen LogP contribution is 2.41. The number of amides is 1. The number of aromatic nitrogens is 6. The van der Waals surface area contributed by atoms with Gasteiger partial charge in [0, 0.05) is 5.56 Å². The number of fused-ring (bicyclic) bond motifs is 1. The molecule has 3 heterocycles. The number of imidazole rings is 1. The van der Waals surface area contributed by atoms with Crippen molar-refractivity contribution in [2.75, 3.05) is 0 Å². The Morgan fingerprint density at radius 1 is 1.31 bits per heavy atom. The van der Waals surface area contributed by atoms with Crippen molar-refractivity contribution in [3.05, 3.63) is 45.1 Å². The number of halogens is 1. The van der Waals surface area contributed by atoms with Crippen molar-refractivity contribution in [1.29, 1.82) is 0 Å². The number of carbonyl (C=O) groups is 1. The fourth-order valence-corrected chi connectivity index (χ4v) is 4.43. The van der Waals surface area contributed by atoms with E-state index in [2.05, 4.69) is 27.1 Å². The van der Waals surface area contributed by atoms with Crippen LogP contribution in [0.25, 0.3) is 22.6 Å². The van der Waals surface area contributed by atoms with Gasteiger partial charge in [0.1, 0.15) is 27.8 Å². The van der Waals surface area contributed by atoms with Crippen LogP contribution in [-0.2, 0) is 17.8 Å². The number of aryl methyl sites for hydroxylation is 1. The van der Waals surface area contributed by atoms with E-state index in [1.807, 2.05) is 23.6 Å². The van der Waals surface area contributed by atoms with Gasteiger partial charge in [-0.1, -0.05) is 29.0 Å². The standard InChI is InChI=1S/C21H20ClN7O2S/c1-11-27-28-16(32-11)9-29-18(13-4-3-12(7-14(13)22)8-15(23)30)26-17-19(29)24-10-25-20(17)31-21(2)5-6-21/h3-4,7,10H,5-6,8-9H2,1-2H3,(H2,23,30). The average Bonchev–Trinajstić information content (AvgIpc) is 3.14. The van der Waals surface area contributed by atoms with Crippen molar-refractivity contribution < 1.29 is 9.53 Å². The molecule has 1 aliphatic carbocycles. The Balaban J connectivity index is 1.65. The molecule has 1 saturated carbocycles. The maximum atomic E-state index is 11.3. The van der Waals surface area contributed by atoms with Gasteiger partial charge in [-0.2, -0.15) is 4.98 Å². The molecular formula is C21H20ClN7O2S. The van der Waals surface area contributed by atoms with Gasteiger partial charge in [-0.05, 0) is 44.4 Å². The number of hydrogen-bond donors (Lipinski definition) is 1. The number of nitrogens with two attached hydrogens (primary N) is 1. The van der Waals surface area contributed by atoms with Crippen molar-refractivity contribution in [3.8, 4) is 17.3 Å². The quantitative estimate of drug-likeness (QED) is 0.440. The number of primary amides is 1. The second-order valence-electron chi connectivity index (χ2n) is 8.10. The molecule has 4 aromatic rings. The molecule has 0 atom stereocenters. The summed E-state index contributed by atoms with van der Waals surface area (Å²) in [6, 6.07) is 5.38. The van der Waals surface area contributed by atoms with E-state index in [0.29, 0.717) is 40.0 Å². The summed E-state index contributed by atoms with van der Waals surface area (Å²) in [5, 5.41) is 10.5. The van der Waals surface area contributed by atoms with Crippen molar-refractivity contribution in [2.24, 2.45) is 5.73 Å². The summed E-state index contributed by atoms with van der Waals surface area (Å²) in [4.78, 5) is 25.0. The second kappa shape index (κ2) is 7.79. The van der Waals surface area contributed by atoms with Crippen LogP contribution in [0.2, 0.25) is 5.02 Å². The molecule has 0 saturated heterocycles. The lowest BCUT2D eigenvalue weighted by Gasteiger charge is -2.11. The first-order valence-corrected chi connectivity index (χ1v) is 11.3. The van der Waals surface area contributed by atoms with Gasteiger partial charge < -0.3 is 15.0 Å². The monoisotopic (exact) mass is 469 g/mol. The lowest BCUT2D eigenvalue weighted by atomic mass is 10.1. The normalized spacial score (nSPS) is 14.6. The molecule has 11 heteroatoms. The molecular weight excluding hydrogens is 450 g/mol. The third kappa shape index (κ3) is 4.03. The van der Waals surface area contributed by atoms with E-state index in [4.69, 9.17) is 27.1 Å². The van der Waals surface area contributed by atoms with Crippen LogP contribution in [0.5, 0.6) is 5.88 Å². The molecule has 1 aliphatic rings. The molecule has 0 radical (unpaired) electrons. The predicted molar refractivity (Wildman–Crippen MR) is 121 cm³/mol. The largest absolute Gasteiger partial charge is 0.470 e. The first-order chi connectivity index (χ1) is 15.3. The average molecular weight is 470 g/mol. The van der Waals surface area contributed by atoms with Crippen LogP contribution < -0.4 is 10.5 Å². The first kappa shape index (κ1) is 20.8. The fourth-order valence-electron chi connectivity index (χ4n) is 3.45. The predicted octanol–water partition coefficient (Wildman–Crippen LogP) is 3.31. The van der Waals surface area contributed by atoms with Crippen LogP contribution in [0.15, 0.2) is 24.5 Å². The summed E-state index contributed by atoms with van der Waals surface area (Å²) in [7, 11) is 0. The molecule has 0 aliphatic heterocycles. The highest BCUT2D eigenvalue weighted by atomic mass is 35.5. The van der Waals surface area contributed by atoms with Crippen LogP contribution >= 0.6 is 22.9 Å². The van der Waals surface area contributed by atoms with Crippen LogP contribution in [0, 0.1) is 6.92 Å². The van der Waals surface area contributed by atoms with Crippen LogP contribution in [0.4, 0.5) is 0 Å². The molecule has 3 aromatic heterocycles. The summed E-state index contributed by atoms with van der Waals surface area (Å²) in [5.74, 6) is 0.637. The number of ether oxygens (including phenoxy) is 1. The Labute approximate surface area is 192 Å². The number of rotatable bonds is 7. The minimum atomic E-state index is -0.418. The second-order valence-corrected chi connectivity index (χ2v) is 9.77. The number of nitrogens with zero attached hydrogens (tertiary/aromatic N) is 6. The molecule has 0 spiro atoms. The van der Waals surface area contributed by atoms with E-state index in [1.165, 1.54) is 17.7 Å². The highest BCUT2D eigenvalue weighted by molar-refractivity contribution is 7.11. The lowest BCUT2D eigenvalue weighted by Crippen LogP contribution is -2.13. The minimum absolute atomic E-state index is 0.114. The summed E-state index contributed by atoms with van der Waals surface area (Å²) in [5.41, 5.74) is 7.73. The summed E-state index contributed by atoms with van der Waals surface area (Å²) < 4.78 is 8.08.